The molecule has 3 rings (SSSR count). The van der Waals surface area contributed by atoms with Crippen molar-refractivity contribution in [3.63, 3.8) is 0 Å². The first-order chi connectivity index (χ1) is 11.0. The van der Waals surface area contributed by atoms with Gasteiger partial charge in [-0.2, -0.15) is 0 Å². The summed E-state index contributed by atoms with van der Waals surface area (Å²) in [5.41, 5.74) is 5.38. The Balaban J connectivity index is 1.63. The average Bonchev–Trinajstić information content (AvgIpc) is 3.07. The van der Waals surface area contributed by atoms with Crippen LogP contribution in [0.3, 0.4) is 0 Å². The van der Waals surface area contributed by atoms with E-state index in [9.17, 15) is 9.59 Å². The molecular formula is C18H24N2O3. The number of amides is 2. The third kappa shape index (κ3) is 3.49. The summed E-state index contributed by atoms with van der Waals surface area (Å²) >= 11 is 0. The SMILES string of the molecule is C[C@@H]1C[C@@H]1c1ccc(/C=C/C(=O)N2C[C@H](C(N)=O)CC[C@H]2C)o1. The smallest absolute Gasteiger partial charge is 0.246 e. The Morgan fingerprint density at radius 3 is 2.70 bits per heavy atom. The molecule has 0 aromatic carbocycles. The van der Waals surface area contributed by atoms with Gasteiger partial charge in [0.15, 0.2) is 0 Å². The Kier molecular flexibility index (Phi) is 4.28. The highest BCUT2D eigenvalue weighted by atomic mass is 16.3. The molecule has 2 heterocycles. The first kappa shape index (κ1) is 15.8. The summed E-state index contributed by atoms with van der Waals surface area (Å²) in [5.74, 6) is 2.27. The highest BCUT2D eigenvalue weighted by molar-refractivity contribution is 5.92. The molecule has 23 heavy (non-hydrogen) atoms. The highest BCUT2D eigenvalue weighted by Gasteiger charge is 2.36. The quantitative estimate of drug-likeness (QED) is 0.867. The molecule has 2 aliphatic rings. The number of hydrogen-bond acceptors (Lipinski definition) is 3. The van der Waals surface area contributed by atoms with Crippen LogP contribution in [-0.2, 0) is 9.59 Å². The van der Waals surface area contributed by atoms with Crippen molar-refractivity contribution in [3.05, 3.63) is 29.7 Å². The Labute approximate surface area is 136 Å². The molecule has 2 amide bonds. The summed E-state index contributed by atoms with van der Waals surface area (Å²) in [5, 5.41) is 0. The van der Waals surface area contributed by atoms with Crippen LogP contribution in [0.1, 0.15) is 50.5 Å². The molecule has 0 spiro atoms. The molecule has 2 N–H and O–H groups in total. The van der Waals surface area contributed by atoms with Crippen LogP contribution in [0.4, 0.5) is 0 Å². The maximum atomic E-state index is 12.4. The number of furan rings is 1. The van der Waals surface area contributed by atoms with Crippen molar-refractivity contribution >= 4 is 17.9 Å². The van der Waals surface area contributed by atoms with E-state index in [-0.39, 0.29) is 23.8 Å². The minimum absolute atomic E-state index is 0.0961. The lowest BCUT2D eigenvalue weighted by Gasteiger charge is -2.36. The molecule has 1 aromatic rings. The van der Waals surface area contributed by atoms with E-state index < -0.39 is 0 Å². The molecule has 4 atom stereocenters. The fourth-order valence-electron chi connectivity index (χ4n) is 3.27. The first-order valence-corrected chi connectivity index (χ1v) is 8.33. The van der Waals surface area contributed by atoms with Gasteiger partial charge >= 0.3 is 0 Å². The Bertz CT molecular complexity index is 634. The van der Waals surface area contributed by atoms with Crippen LogP contribution >= 0.6 is 0 Å². The zero-order valence-corrected chi connectivity index (χ0v) is 13.7. The fraction of sp³-hybridized carbons (Fsp3) is 0.556. The monoisotopic (exact) mass is 316 g/mol. The molecule has 1 aromatic heterocycles. The van der Waals surface area contributed by atoms with E-state index in [2.05, 4.69) is 6.92 Å². The van der Waals surface area contributed by atoms with Crippen LogP contribution in [-0.4, -0.2) is 29.3 Å². The van der Waals surface area contributed by atoms with Crippen LogP contribution in [0.5, 0.6) is 0 Å². The van der Waals surface area contributed by atoms with Gasteiger partial charge in [0.1, 0.15) is 11.5 Å². The largest absolute Gasteiger partial charge is 0.461 e. The number of nitrogens with two attached hydrogens (primary N) is 1. The second-order valence-corrected chi connectivity index (χ2v) is 6.91. The van der Waals surface area contributed by atoms with Gasteiger partial charge in [-0.05, 0) is 50.3 Å². The third-order valence-electron chi connectivity index (χ3n) is 5.08. The summed E-state index contributed by atoms with van der Waals surface area (Å²) < 4.78 is 5.77. The second-order valence-electron chi connectivity index (χ2n) is 6.91. The van der Waals surface area contributed by atoms with Crippen molar-refractivity contribution < 1.29 is 14.0 Å². The summed E-state index contributed by atoms with van der Waals surface area (Å²) in [7, 11) is 0. The van der Waals surface area contributed by atoms with Crippen molar-refractivity contribution in [2.24, 2.45) is 17.6 Å². The van der Waals surface area contributed by atoms with Crippen molar-refractivity contribution in [1.29, 1.82) is 0 Å². The predicted molar refractivity (Wildman–Crippen MR) is 87.4 cm³/mol. The van der Waals surface area contributed by atoms with Gasteiger partial charge in [0.05, 0.1) is 5.92 Å². The standard InChI is InChI=1S/C18H24N2O3/c1-11-9-15(11)16-7-5-14(23-16)6-8-17(21)20-10-13(18(19)22)4-3-12(20)2/h5-8,11-13,15H,3-4,9-10H2,1-2H3,(H2,19,22)/b8-6+/t11-,12-,13-,15+/m1/s1. The molecule has 2 fully saturated rings. The molecular weight excluding hydrogens is 292 g/mol. The summed E-state index contributed by atoms with van der Waals surface area (Å²) in [6.45, 7) is 4.62. The van der Waals surface area contributed by atoms with E-state index in [0.717, 1.165) is 18.6 Å². The lowest BCUT2D eigenvalue weighted by Crippen LogP contribution is -2.48. The molecule has 1 saturated heterocycles. The maximum Gasteiger partial charge on any atom is 0.246 e. The number of rotatable bonds is 4. The Morgan fingerprint density at radius 1 is 1.30 bits per heavy atom. The second kappa shape index (κ2) is 6.22. The number of carbonyl (C=O) groups is 2. The van der Waals surface area contributed by atoms with Gasteiger partial charge in [0.2, 0.25) is 11.8 Å². The van der Waals surface area contributed by atoms with Gasteiger partial charge in [-0.1, -0.05) is 6.92 Å². The van der Waals surface area contributed by atoms with Gasteiger partial charge < -0.3 is 15.1 Å². The number of hydrogen-bond donors (Lipinski definition) is 1. The number of carbonyl (C=O) groups excluding carboxylic acids is 2. The molecule has 5 nitrogen and oxygen atoms in total. The van der Waals surface area contributed by atoms with Crippen molar-refractivity contribution in [2.75, 3.05) is 6.54 Å². The van der Waals surface area contributed by atoms with Gasteiger partial charge in [0, 0.05) is 24.6 Å². The van der Waals surface area contributed by atoms with E-state index >= 15 is 0 Å². The summed E-state index contributed by atoms with van der Waals surface area (Å²) in [6, 6.07) is 4.02. The summed E-state index contributed by atoms with van der Waals surface area (Å²) in [4.78, 5) is 25.5. The number of piperidine rings is 1. The number of likely N-dealkylation sites (tertiary alicyclic amines) is 1. The predicted octanol–water partition coefficient (Wildman–Crippen LogP) is 2.53. The molecule has 0 unspecified atom stereocenters. The van der Waals surface area contributed by atoms with E-state index in [1.54, 1.807) is 11.0 Å². The molecule has 1 saturated carbocycles. The average molecular weight is 316 g/mol. The van der Waals surface area contributed by atoms with Crippen LogP contribution in [0.25, 0.3) is 6.08 Å². The number of nitrogens with zero attached hydrogens (tertiary/aromatic N) is 1. The maximum absolute atomic E-state index is 12.4. The van der Waals surface area contributed by atoms with Crippen LogP contribution in [0, 0.1) is 11.8 Å². The van der Waals surface area contributed by atoms with E-state index in [1.165, 1.54) is 12.5 Å². The van der Waals surface area contributed by atoms with E-state index in [4.69, 9.17) is 10.2 Å². The molecule has 1 aliphatic carbocycles. The van der Waals surface area contributed by atoms with E-state index in [0.29, 0.717) is 24.1 Å². The normalized spacial score (nSPS) is 30.6. The minimum Gasteiger partial charge on any atom is -0.461 e. The Hall–Kier alpha value is -2.04. The van der Waals surface area contributed by atoms with Crippen LogP contribution in [0.15, 0.2) is 22.6 Å². The minimum atomic E-state index is -0.326. The fourth-order valence-corrected chi connectivity index (χ4v) is 3.27. The van der Waals surface area contributed by atoms with Crippen LogP contribution < -0.4 is 5.73 Å². The van der Waals surface area contributed by atoms with Crippen LogP contribution in [0.2, 0.25) is 0 Å². The van der Waals surface area contributed by atoms with Crippen molar-refractivity contribution in [1.82, 2.24) is 4.90 Å². The van der Waals surface area contributed by atoms with Gasteiger partial charge in [-0.3, -0.25) is 9.59 Å². The van der Waals surface area contributed by atoms with E-state index in [1.807, 2.05) is 19.1 Å². The Morgan fingerprint density at radius 2 is 2.04 bits per heavy atom. The lowest BCUT2D eigenvalue weighted by atomic mass is 9.93. The molecule has 5 heteroatoms. The molecule has 0 bridgehead atoms. The summed E-state index contributed by atoms with van der Waals surface area (Å²) in [6.07, 6.45) is 5.97. The molecule has 1 aliphatic heterocycles. The molecule has 124 valence electrons. The lowest BCUT2D eigenvalue weighted by molar-refractivity contribution is -0.133. The van der Waals surface area contributed by atoms with Gasteiger partial charge in [-0.25, -0.2) is 0 Å². The zero-order chi connectivity index (χ0) is 16.6. The van der Waals surface area contributed by atoms with Crippen molar-refractivity contribution in [2.45, 2.75) is 45.1 Å². The topological polar surface area (TPSA) is 76.5 Å². The number of primary amides is 1. The van der Waals surface area contributed by atoms with Crippen molar-refractivity contribution in [3.8, 4) is 0 Å². The molecule has 0 radical (unpaired) electrons. The highest BCUT2D eigenvalue weighted by Crippen LogP contribution is 2.47. The third-order valence-corrected chi connectivity index (χ3v) is 5.08. The first-order valence-electron chi connectivity index (χ1n) is 8.33. The van der Waals surface area contributed by atoms with Gasteiger partial charge in [-0.15, -0.1) is 0 Å². The zero-order valence-electron chi connectivity index (χ0n) is 13.7. The van der Waals surface area contributed by atoms with Gasteiger partial charge in [0.25, 0.3) is 0 Å².